The number of thiophene rings is 2. The van der Waals surface area contributed by atoms with Gasteiger partial charge in [-0.25, -0.2) is 5.01 Å². The van der Waals surface area contributed by atoms with Crippen LogP contribution in [0.3, 0.4) is 0 Å². The molecule has 4 rings (SSSR count). The van der Waals surface area contributed by atoms with E-state index in [1.807, 2.05) is 35.0 Å². The Kier molecular flexibility index (Phi) is 4.88. The number of hydrazone groups is 1. The minimum absolute atomic E-state index is 0.0403. The maximum Gasteiger partial charge on any atom is 0.263 e. The van der Waals surface area contributed by atoms with E-state index in [4.69, 9.17) is 0 Å². The normalized spacial score (nSPS) is 16.7. The van der Waals surface area contributed by atoms with Crippen molar-refractivity contribution in [3.05, 3.63) is 77.9 Å². The number of halogens is 1. The summed E-state index contributed by atoms with van der Waals surface area (Å²) in [6, 6.07) is 11.0. The lowest BCUT2D eigenvalue weighted by molar-refractivity contribution is -0.133. The fourth-order valence-electron chi connectivity index (χ4n) is 2.88. The second-order valence-corrected chi connectivity index (χ2v) is 8.65. The molecule has 0 fully saturated rings. The summed E-state index contributed by atoms with van der Waals surface area (Å²) < 4.78 is 2.15. The summed E-state index contributed by atoms with van der Waals surface area (Å²) >= 11 is 6.57. The van der Waals surface area contributed by atoms with Crippen molar-refractivity contribution in [2.24, 2.45) is 5.10 Å². The number of carbonyl (C=O) groups excluding carboxylic acids is 1. The van der Waals surface area contributed by atoms with Crippen LogP contribution in [0.5, 0.6) is 0 Å². The molecule has 1 aliphatic heterocycles. The number of pyridine rings is 1. The molecule has 4 heterocycles. The molecule has 1 amide bonds. The van der Waals surface area contributed by atoms with Gasteiger partial charge in [-0.3, -0.25) is 9.59 Å². The van der Waals surface area contributed by atoms with E-state index in [0.29, 0.717) is 6.42 Å². The van der Waals surface area contributed by atoms with Crippen molar-refractivity contribution in [1.82, 2.24) is 9.58 Å². The van der Waals surface area contributed by atoms with Crippen LogP contribution in [0.2, 0.25) is 0 Å². The average Bonchev–Trinajstić information content (AvgIpc) is 3.38. The molecule has 3 aromatic heterocycles. The topological polar surface area (TPSA) is 54.7 Å². The SMILES string of the molecule is O=C(Cn1cc(Br)ccc1=O)N1N=C(c2cccs2)C[C@@H]1c1cccs1. The quantitative estimate of drug-likeness (QED) is 0.603. The molecule has 0 saturated heterocycles. The van der Waals surface area contributed by atoms with Crippen LogP contribution < -0.4 is 5.56 Å². The Labute approximate surface area is 166 Å². The first-order chi connectivity index (χ1) is 12.6. The molecule has 0 N–H and O–H groups in total. The maximum atomic E-state index is 13.0. The summed E-state index contributed by atoms with van der Waals surface area (Å²) in [5.74, 6) is -0.199. The van der Waals surface area contributed by atoms with Crippen LogP contribution in [0.4, 0.5) is 0 Å². The molecule has 0 bridgehead atoms. The van der Waals surface area contributed by atoms with Crippen molar-refractivity contribution in [2.75, 3.05) is 0 Å². The molecule has 1 atom stereocenters. The Hall–Kier alpha value is -2.03. The number of hydrogen-bond donors (Lipinski definition) is 0. The van der Waals surface area contributed by atoms with E-state index in [1.165, 1.54) is 15.6 Å². The first-order valence-corrected chi connectivity index (χ1v) is 10.5. The highest BCUT2D eigenvalue weighted by Crippen LogP contribution is 2.36. The minimum atomic E-state index is -0.212. The number of rotatable bonds is 4. The van der Waals surface area contributed by atoms with Gasteiger partial charge < -0.3 is 4.57 Å². The Morgan fingerprint density at radius 2 is 2.00 bits per heavy atom. The third kappa shape index (κ3) is 3.44. The predicted octanol–water partition coefficient (Wildman–Crippen LogP) is 4.11. The summed E-state index contributed by atoms with van der Waals surface area (Å²) in [4.78, 5) is 27.1. The number of carbonyl (C=O) groups is 1. The third-order valence-corrected chi connectivity index (χ3v) is 6.46. The summed E-state index contributed by atoms with van der Waals surface area (Å²) in [5, 5.41) is 10.1. The van der Waals surface area contributed by atoms with Gasteiger partial charge in [-0.2, -0.15) is 5.10 Å². The average molecular weight is 448 g/mol. The molecule has 132 valence electrons. The van der Waals surface area contributed by atoms with Gasteiger partial charge in [0.1, 0.15) is 6.54 Å². The Morgan fingerprint density at radius 3 is 2.73 bits per heavy atom. The Balaban J connectivity index is 1.65. The fraction of sp³-hybridized carbons (Fsp3) is 0.167. The van der Waals surface area contributed by atoms with Crippen LogP contribution in [0.25, 0.3) is 0 Å². The zero-order valence-electron chi connectivity index (χ0n) is 13.5. The molecule has 0 saturated carbocycles. The molecule has 0 radical (unpaired) electrons. The molecular formula is C18H14BrN3O2S2. The number of aromatic nitrogens is 1. The number of amides is 1. The first-order valence-electron chi connectivity index (χ1n) is 7.94. The van der Waals surface area contributed by atoms with E-state index in [2.05, 4.69) is 21.0 Å². The van der Waals surface area contributed by atoms with Crippen LogP contribution in [0.15, 0.2) is 67.7 Å². The molecule has 26 heavy (non-hydrogen) atoms. The zero-order valence-corrected chi connectivity index (χ0v) is 16.8. The van der Waals surface area contributed by atoms with E-state index in [1.54, 1.807) is 34.9 Å². The van der Waals surface area contributed by atoms with Crippen molar-refractivity contribution < 1.29 is 4.79 Å². The zero-order chi connectivity index (χ0) is 18.1. The second-order valence-electron chi connectivity index (χ2n) is 5.81. The lowest BCUT2D eigenvalue weighted by atomic mass is 10.1. The molecule has 3 aromatic rings. The highest BCUT2D eigenvalue weighted by molar-refractivity contribution is 9.10. The summed E-state index contributed by atoms with van der Waals surface area (Å²) in [7, 11) is 0. The van der Waals surface area contributed by atoms with Crippen LogP contribution >= 0.6 is 38.6 Å². The van der Waals surface area contributed by atoms with Gasteiger partial charge in [0.05, 0.1) is 16.6 Å². The predicted molar refractivity (Wildman–Crippen MR) is 108 cm³/mol. The van der Waals surface area contributed by atoms with Crippen LogP contribution in [0, 0.1) is 0 Å². The number of nitrogens with zero attached hydrogens (tertiary/aromatic N) is 3. The largest absolute Gasteiger partial charge is 0.305 e. The second kappa shape index (κ2) is 7.30. The van der Waals surface area contributed by atoms with Crippen molar-refractivity contribution >= 4 is 50.2 Å². The van der Waals surface area contributed by atoms with E-state index in [9.17, 15) is 9.59 Å². The monoisotopic (exact) mass is 447 g/mol. The molecule has 1 aliphatic rings. The standard InChI is InChI=1S/C18H14BrN3O2S2/c19-12-5-6-17(23)21(10-12)11-18(24)22-14(16-4-2-8-26-16)9-13(20-22)15-3-1-7-25-15/h1-8,10,14H,9,11H2/t14-/m1/s1. The van der Waals surface area contributed by atoms with Gasteiger partial charge >= 0.3 is 0 Å². The molecular weight excluding hydrogens is 434 g/mol. The number of hydrogen-bond acceptors (Lipinski definition) is 5. The van der Waals surface area contributed by atoms with Gasteiger partial charge in [-0.05, 0) is 44.9 Å². The van der Waals surface area contributed by atoms with Gasteiger partial charge in [-0.1, -0.05) is 12.1 Å². The van der Waals surface area contributed by atoms with Crippen molar-refractivity contribution in [3.63, 3.8) is 0 Å². The fourth-order valence-corrected chi connectivity index (χ4v) is 4.79. The lowest BCUT2D eigenvalue weighted by Crippen LogP contribution is -2.33. The summed E-state index contributed by atoms with van der Waals surface area (Å²) in [6.45, 7) is -0.0403. The van der Waals surface area contributed by atoms with E-state index < -0.39 is 0 Å². The lowest BCUT2D eigenvalue weighted by Gasteiger charge is -2.21. The molecule has 5 nitrogen and oxygen atoms in total. The first kappa shape index (κ1) is 17.4. The third-order valence-electron chi connectivity index (χ3n) is 4.10. The van der Waals surface area contributed by atoms with Crippen molar-refractivity contribution in [3.8, 4) is 0 Å². The van der Waals surface area contributed by atoms with E-state index >= 15 is 0 Å². The molecule has 0 aliphatic carbocycles. The molecule has 0 spiro atoms. The molecule has 0 unspecified atom stereocenters. The van der Waals surface area contributed by atoms with Crippen LogP contribution in [0.1, 0.15) is 22.2 Å². The van der Waals surface area contributed by atoms with Gasteiger partial charge in [-0.15, -0.1) is 22.7 Å². The van der Waals surface area contributed by atoms with Crippen LogP contribution in [-0.2, 0) is 11.3 Å². The molecule has 0 aromatic carbocycles. The smallest absolute Gasteiger partial charge is 0.263 e. The van der Waals surface area contributed by atoms with Crippen molar-refractivity contribution in [1.29, 1.82) is 0 Å². The highest BCUT2D eigenvalue weighted by atomic mass is 79.9. The highest BCUT2D eigenvalue weighted by Gasteiger charge is 2.34. The maximum absolute atomic E-state index is 13.0. The van der Waals surface area contributed by atoms with Gasteiger partial charge in [0.25, 0.3) is 11.5 Å². The summed E-state index contributed by atoms with van der Waals surface area (Å²) in [6.07, 6.45) is 2.31. The van der Waals surface area contributed by atoms with Gasteiger partial charge in [0.15, 0.2) is 0 Å². The Morgan fingerprint density at radius 1 is 1.19 bits per heavy atom. The van der Waals surface area contributed by atoms with Gasteiger partial charge in [0.2, 0.25) is 0 Å². The van der Waals surface area contributed by atoms with E-state index in [-0.39, 0.29) is 24.1 Å². The summed E-state index contributed by atoms with van der Waals surface area (Å²) in [5.41, 5.74) is 0.698. The minimum Gasteiger partial charge on any atom is -0.305 e. The van der Waals surface area contributed by atoms with E-state index in [0.717, 1.165) is 19.9 Å². The molecule has 8 heteroatoms. The van der Waals surface area contributed by atoms with Crippen LogP contribution in [-0.4, -0.2) is 21.2 Å². The van der Waals surface area contributed by atoms with Gasteiger partial charge in [0, 0.05) is 28.0 Å². The Bertz CT molecular complexity index is 1010. The van der Waals surface area contributed by atoms with Crippen molar-refractivity contribution in [2.45, 2.75) is 19.0 Å².